The molecule has 0 radical (unpaired) electrons. The fourth-order valence-electron chi connectivity index (χ4n) is 7.52. The van der Waals surface area contributed by atoms with Crippen LogP contribution in [0.2, 0.25) is 0 Å². The summed E-state index contributed by atoms with van der Waals surface area (Å²) in [4.78, 5) is 97.1. The molecule has 2 atom stereocenters. The lowest BCUT2D eigenvalue weighted by Crippen LogP contribution is -2.38. The first-order valence-electron chi connectivity index (χ1n) is 28.5. The lowest BCUT2D eigenvalue weighted by Gasteiger charge is -2.23. The van der Waals surface area contributed by atoms with E-state index < -0.39 is 35.7 Å². The van der Waals surface area contributed by atoms with Crippen LogP contribution in [-0.2, 0) is 76.3 Å². The molecule has 0 aromatic rings. The normalized spacial score (nSPS) is 13.3. The Morgan fingerprint density at radius 2 is 0.989 bits per heavy atom. The zero-order chi connectivity index (χ0) is 65.1. The number of cyclic esters (lactones) is 3. The second-order valence-corrected chi connectivity index (χ2v) is 21.5. The van der Waals surface area contributed by atoms with Crippen LogP contribution >= 0.6 is 0 Å². The van der Waals surface area contributed by atoms with Crippen LogP contribution in [0.15, 0.2) is 24.3 Å². The molecule has 2 aliphatic heterocycles. The lowest BCUT2D eigenvalue weighted by atomic mass is 9.84. The van der Waals surface area contributed by atoms with Gasteiger partial charge in [-0.1, -0.05) is 102 Å². The van der Waals surface area contributed by atoms with Gasteiger partial charge in [0.05, 0.1) is 104 Å². The van der Waals surface area contributed by atoms with Gasteiger partial charge in [0.25, 0.3) is 0 Å². The molecule has 0 spiro atoms. The Kier molecular flexibility index (Phi) is 67.7. The first-order valence-corrected chi connectivity index (χ1v) is 28.5. The van der Waals surface area contributed by atoms with Gasteiger partial charge < -0.3 is 98.8 Å². The molecule has 0 aliphatic carbocycles. The van der Waals surface area contributed by atoms with E-state index in [9.17, 15) is 38.4 Å². The van der Waals surface area contributed by atoms with Crippen LogP contribution in [-0.4, -0.2) is 281 Å². The number of ether oxygens (including phenoxy) is 8. The second kappa shape index (κ2) is 61.8. The molecule has 9 N–H and O–H groups in total. The number of hydrogen-bond acceptors (Lipinski definition) is 25. The highest BCUT2D eigenvalue weighted by Crippen LogP contribution is 2.31. The summed E-state index contributed by atoms with van der Waals surface area (Å²) in [6.07, 6.45) is 3.03. The fraction of sp³-hybridized carbons (Fsp3) is 0.803. The van der Waals surface area contributed by atoms with Crippen LogP contribution in [0.1, 0.15) is 123 Å². The van der Waals surface area contributed by atoms with Crippen molar-refractivity contribution in [1.82, 2.24) is 20.0 Å². The van der Waals surface area contributed by atoms with Gasteiger partial charge in [0.1, 0.15) is 46.2 Å². The van der Waals surface area contributed by atoms with E-state index in [0.29, 0.717) is 45.7 Å². The highest BCUT2D eigenvalue weighted by Gasteiger charge is 2.34. The summed E-state index contributed by atoms with van der Waals surface area (Å²) >= 11 is 0. The molecular weight excluding hydrogens is 1170 g/mol. The maximum absolute atomic E-state index is 12.8. The maximum atomic E-state index is 12.8. The smallest absolute Gasteiger partial charge is 0.332 e. The molecule has 0 aromatic heterocycles. The topological polar surface area (TPSA) is 394 Å². The Morgan fingerprint density at radius 3 is 1.34 bits per heavy atom. The van der Waals surface area contributed by atoms with Gasteiger partial charge in [-0.15, -0.1) is 0 Å². The molecular formula is C61H120N4O24. The molecule has 28 nitrogen and oxygen atoms in total. The number of aliphatic hydroxyl groups is 8. The summed E-state index contributed by atoms with van der Waals surface area (Å²) in [5.41, 5.74) is 1.90. The van der Waals surface area contributed by atoms with Crippen LogP contribution in [0.4, 0.5) is 0 Å². The molecule has 3 amide bonds. The summed E-state index contributed by atoms with van der Waals surface area (Å²) in [6, 6.07) is 0. The summed E-state index contributed by atoms with van der Waals surface area (Å²) in [7, 11) is 0. The quantitative estimate of drug-likeness (QED) is 0.0138. The molecule has 28 heteroatoms. The molecule has 2 fully saturated rings. The largest absolute Gasteiger partial charge is 0.463 e. The Bertz CT molecular complexity index is 1830. The predicted octanol–water partition coefficient (Wildman–Crippen LogP) is 1.47. The molecule has 528 valence electrons. The zero-order valence-electron chi connectivity index (χ0n) is 51.6. The highest BCUT2D eigenvalue weighted by atomic mass is 16.6. The van der Waals surface area contributed by atoms with E-state index in [1.54, 1.807) is 0 Å². The number of nitrogens with one attached hydrogen (secondary N) is 1. The third-order valence-corrected chi connectivity index (χ3v) is 10.9. The predicted molar refractivity (Wildman–Crippen MR) is 336 cm³/mol. The van der Waals surface area contributed by atoms with E-state index >= 15 is 0 Å². The molecule has 2 rings (SSSR count). The highest BCUT2D eigenvalue weighted by molar-refractivity contribution is 5.94. The molecule has 0 bridgehead atoms. The average Bonchev–Trinajstić information content (AvgIpc) is 3.79. The third-order valence-electron chi connectivity index (χ3n) is 10.9. The number of nitrogens with zero attached hydrogens (tertiary/aromatic N) is 3. The summed E-state index contributed by atoms with van der Waals surface area (Å²) in [5, 5.41) is 71.9. The first kappa shape index (κ1) is 97.5. The van der Waals surface area contributed by atoms with Gasteiger partial charge in [-0.3, -0.25) is 33.6 Å². The maximum Gasteiger partial charge on any atom is 0.332 e. The summed E-state index contributed by atoms with van der Waals surface area (Å²) in [6.45, 7) is 24.2. The van der Waals surface area contributed by atoms with Crippen molar-refractivity contribution in [3.05, 3.63) is 24.3 Å². The van der Waals surface area contributed by atoms with Crippen molar-refractivity contribution < 1.29 is 117 Å². The number of hydrogen-bond donors (Lipinski definition) is 9. The second-order valence-electron chi connectivity index (χ2n) is 21.5. The molecule has 89 heavy (non-hydrogen) atoms. The van der Waals surface area contributed by atoms with Crippen LogP contribution in [0, 0.1) is 22.7 Å². The zero-order valence-corrected chi connectivity index (χ0v) is 51.6. The van der Waals surface area contributed by atoms with Crippen LogP contribution in [0.3, 0.4) is 0 Å². The van der Waals surface area contributed by atoms with E-state index in [2.05, 4.69) is 48.7 Å². The van der Waals surface area contributed by atoms with Gasteiger partial charge in [0.15, 0.2) is 0 Å². The Labute approximate surface area is 531 Å². The van der Waals surface area contributed by atoms with E-state index in [4.69, 9.17) is 69.3 Å². The monoisotopic (exact) mass is 1290 g/mol. The Morgan fingerprint density at radius 1 is 0.562 bits per heavy atom. The van der Waals surface area contributed by atoms with Gasteiger partial charge in [0.2, 0.25) is 17.7 Å². The van der Waals surface area contributed by atoms with Crippen molar-refractivity contribution in [2.75, 3.05) is 178 Å². The van der Waals surface area contributed by atoms with Crippen molar-refractivity contribution >= 4 is 47.6 Å². The number of carbonyl (C=O) groups excluding carboxylic acids is 8. The molecule has 2 heterocycles. The van der Waals surface area contributed by atoms with Gasteiger partial charge in [-0.2, -0.15) is 0 Å². The number of esters is 5. The molecule has 0 aromatic carbocycles. The number of rotatable bonds is 39. The molecule has 0 saturated carbocycles. The van der Waals surface area contributed by atoms with Gasteiger partial charge in [-0.25, -0.2) is 4.79 Å². The van der Waals surface area contributed by atoms with E-state index in [1.807, 2.05) is 27.7 Å². The van der Waals surface area contributed by atoms with Crippen molar-refractivity contribution in [2.24, 2.45) is 22.7 Å². The van der Waals surface area contributed by atoms with Crippen molar-refractivity contribution in [2.45, 2.75) is 123 Å². The average molecular weight is 1290 g/mol. The van der Waals surface area contributed by atoms with E-state index in [1.165, 1.54) is 14.7 Å². The molecule has 2 unspecified atom stereocenters. The van der Waals surface area contributed by atoms with Gasteiger partial charge >= 0.3 is 29.8 Å². The van der Waals surface area contributed by atoms with Crippen molar-refractivity contribution in [3.8, 4) is 0 Å². The number of allylic oxidation sites excluding steroid dienone is 2. The lowest BCUT2D eigenvalue weighted by molar-refractivity contribution is -0.159. The van der Waals surface area contributed by atoms with E-state index in [-0.39, 0.29) is 229 Å². The van der Waals surface area contributed by atoms with Crippen LogP contribution < -0.4 is 5.32 Å². The van der Waals surface area contributed by atoms with Gasteiger partial charge in [0, 0.05) is 52.4 Å². The van der Waals surface area contributed by atoms with Gasteiger partial charge in [-0.05, 0) is 42.9 Å². The van der Waals surface area contributed by atoms with Crippen molar-refractivity contribution in [3.63, 3.8) is 0 Å². The number of amides is 3. The number of carbonyl (C=O) groups is 8. The Hall–Kier alpha value is -5.08. The minimum Gasteiger partial charge on any atom is -0.463 e. The summed E-state index contributed by atoms with van der Waals surface area (Å²) < 4.78 is 39.6. The SMILES string of the molecule is C.C.C.C.C=C(CC(CC(=O)OCCOCC(=O)N(CCC)CCO)C(=O)OCCOCC(=O)N(CCO)CCO)CC(C)(C)C.C=C(CC1CC(=O)OC1=O)CC(C)(C)C.O=C(COCCO)N(CCO)CCO.O=C1COCCO1.OCCNCCO. The minimum absolute atomic E-state index is 0. The van der Waals surface area contributed by atoms with Crippen LogP contribution in [0.5, 0.6) is 0 Å². The molecule has 2 saturated heterocycles. The fourth-order valence-corrected chi connectivity index (χ4v) is 7.52. The third kappa shape index (κ3) is 59.0. The van der Waals surface area contributed by atoms with Crippen LogP contribution in [0.25, 0.3) is 0 Å². The van der Waals surface area contributed by atoms with E-state index in [0.717, 1.165) is 24.0 Å². The minimum atomic E-state index is -0.831. The standard InChI is InChI=1S/C29H52N2O11.C12H18O3.C8H17NO5.C4H11NO2.C4H6O3.4CH4/c1-6-7-30(8-11-32)25(35)21-39-14-16-41-27(37)19-24(18-23(2)20-29(3,4)5)28(38)42-17-15-40-22-26(36)31(9-12-33)10-13-34;1-8(7-12(2,3)4)5-9-6-10(13)15-11(9)14;10-3-1-9(2-4-11)8(13)7-14-6-5-12;6-3-1-5-2-4-7;5-4-3-6-1-2-7-4;;;;/h24,32-34H,2,6-22H2,1,3-5H3;9H,1,5-7H2,2-4H3;10-12H,1-7H2;5-7H,1-4H2;1-3H2;4*1H4. The molecule has 2 aliphatic rings. The summed E-state index contributed by atoms with van der Waals surface area (Å²) in [5.74, 6) is -4.43. The first-order chi connectivity index (χ1) is 40.2. The Balaban J connectivity index is -0.000000231. The van der Waals surface area contributed by atoms with Crippen molar-refractivity contribution in [1.29, 1.82) is 0 Å². The number of aliphatic hydroxyl groups excluding tert-OH is 8.